The van der Waals surface area contributed by atoms with Gasteiger partial charge in [0.25, 0.3) is 5.91 Å². The van der Waals surface area contributed by atoms with Crippen LogP contribution in [0.1, 0.15) is 55.3 Å². The second kappa shape index (κ2) is 7.15. The summed E-state index contributed by atoms with van der Waals surface area (Å²) in [4.78, 5) is 21.9. The van der Waals surface area contributed by atoms with Crippen LogP contribution in [0.2, 0.25) is 0 Å². The molecule has 0 saturated heterocycles. The van der Waals surface area contributed by atoms with E-state index in [0.717, 1.165) is 37.8 Å². The van der Waals surface area contributed by atoms with Crippen molar-refractivity contribution in [1.29, 1.82) is 0 Å². The molecule has 0 atom stereocenters. The first-order valence-electron chi connectivity index (χ1n) is 7.33. The number of halogens is 1. The molecule has 114 valence electrons. The number of nitro benzene ring substituents is 1. The molecule has 1 amide bonds. The van der Waals surface area contributed by atoms with Gasteiger partial charge in [0.1, 0.15) is 0 Å². The third kappa shape index (κ3) is 4.24. The average molecular weight is 294 g/mol. The molecule has 2 rings (SSSR count). The highest BCUT2D eigenvalue weighted by Crippen LogP contribution is 2.20. The standard InChI is InChI=1S/C15H19FN2O3/c16-13-10-11(8-9-14(13)18(20)21)15(19)17-12-6-4-2-1-3-5-7-12/h8-10,12H,1-7H2,(H,17,19). The minimum Gasteiger partial charge on any atom is -0.349 e. The first-order chi connectivity index (χ1) is 10.1. The van der Waals surface area contributed by atoms with Crippen LogP contribution in [-0.2, 0) is 0 Å². The Morgan fingerprint density at radius 2 is 1.81 bits per heavy atom. The molecule has 0 bridgehead atoms. The summed E-state index contributed by atoms with van der Waals surface area (Å²) < 4.78 is 13.5. The van der Waals surface area contributed by atoms with E-state index in [-0.39, 0.29) is 17.5 Å². The first kappa shape index (κ1) is 15.4. The summed E-state index contributed by atoms with van der Waals surface area (Å²) in [5.41, 5.74) is -0.488. The number of nitro groups is 1. The Morgan fingerprint density at radius 1 is 1.19 bits per heavy atom. The van der Waals surface area contributed by atoms with E-state index in [1.54, 1.807) is 0 Å². The van der Waals surface area contributed by atoms with E-state index in [9.17, 15) is 19.3 Å². The monoisotopic (exact) mass is 294 g/mol. The van der Waals surface area contributed by atoms with Gasteiger partial charge in [0.2, 0.25) is 5.82 Å². The zero-order valence-electron chi connectivity index (χ0n) is 11.8. The zero-order valence-corrected chi connectivity index (χ0v) is 11.8. The van der Waals surface area contributed by atoms with E-state index in [1.165, 1.54) is 25.3 Å². The minimum absolute atomic E-state index is 0.107. The highest BCUT2D eigenvalue weighted by atomic mass is 19.1. The number of amides is 1. The lowest BCUT2D eigenvalue weighted by Gasteiger charge is -2.21. The largest absolute Gasteiger partial charge is 0.349 e. The molecular weight excluding hydrogens is 275 g/mol. The molecule has 21 heavy (non-hydrogen) atoms. The fourth-order valence-corrected chi connectivity index (χ4v) is 2.67. The van der Waals surface area contributed by atoms with E-state index < -0.39 is 16.4 Å². The summed E-state index contributed by atoms with van der Waals surface area (Å²) in [5, 5.41) is 13.5. The van der Waals surface area contributed by atoms with Gasteiger partial charge in [0, 0.05) is 17.7 Å². The van der Waals surface area contributed by atoms with Crippen LogP contribution in [-0.4, -0.2) is 16.9 Å². The van der Waals surface area contributed by atoms with Gasteiger partial charge in [-0.2, -0.15) is 4.39 Å². The topological polar surface area (TPSA) is 72.2 Å². The van der Waals surface area contributed by atoms with Crippen molar-refractivity contribution in [1.82, 2.24) is 5.32 Å². The molecule has 0 aliphatic heterocycles. The summed E-state index contributed by atoms with van der Waals surface area (Å²) in [6, 6.07) is 3.36. The second-order valence-corrected chi connectivity index (χ2v) is 5.44. The SMILES string of the molecule is O=C(NC1CCCCCCC1)c1ccc([N+](=O)[O-])c(F)c1. The van der Waals surface area contributed by atoms with Gasteiger partial charge >= 0.3 is 5.69 Å². The molecule has 1 N–H and O–H groups in total. The normalized spacial score (nSPS) is 16.8. The van der Waals surface area contributed by atoms with Crippen LogP contribution >= 0.6 is 0 Å². The number of rotatable bonds is 3. The van der Waals surface area contributed by atoms with E-state index >= 15 is 0 Å². The smallest absolute Gasteiger partial charge is 0.304 e. The van der Waals surface area contributed by atoms with Crippen LogP contribution in [0.3, 0.4) is 0 Å². The van der Waals surface area contributed by atoms with Gasteiger partial charge < -0.3 is 5.32 Å². The van der Waals surface area contributed by atoms with Crippen molar-refractivity contribution in [2.75, 3.05) is 0 Å². The molecule has 1 aromatic carbocycles. The zero-order chi connectivity index (χ0) is 15.2. The van der Waals surface area contributed by atoms with Crippen LogP contribution in [0, 0.1) is 15.9 Å². The Balaban J connectivity index is 2.02. The van der Waals surface area contributed by atoms with Gasteiger partial charge in [-0.1, -0.05) is 32.1 Å². The molecule has 1 aromatic rings. The van der Waals surface area contributed by atoms with Crippen LogP contribution < -0.4 is 5.32 Å². The minimum atomic E-state index is -0.981. The van der Waals surface area contributed by atoms with Crippen molar-refractivity contribution in [2.45, 2.75) is 51.0 Å². The van der Waals surface area contributed by atoms with Crippen molar-refractivity contribution in [3.63, 3.8) is 0 Å². The van der Waals surface area contributed by atoms with Gasteiger partial charge in [-0.25, -0.2) is 0 Å². The van der Waals surface area contributed by atoms with Crippen molar-refractivity contribution >= 4 is 11.6 Å². The molecule has 1 fully saturated rings. The Labute approximate surface area is 122 Å². The summed E-state index contributed by atoms with van der Waals surface area (Å²) in [6.45, 7) is 0. The van der Waals surface area contributed by atoms with Crippen molar-refractivity contribution in [3.05, 3.63) is 39.7 Å². The lowest BCUT2D eigenvalue weighted by Crippen LogP contribution is -2.35. The van der Waals surface area contributed by atoms with Crippen molar-refractivity contribution in [3.8, 4) is 0 Å². The third-order valence-electron chi connectivity index (χ3n) is 3.85. The van der Waals surface area contributed by atoms with Crippen LogP contribution in [0.25, 0.3) is 0 Å². The molecular formula is C15H19FN2O3. The molecule has 0 aromatic heterocycles. The quantitative estimate of drug-likeness (QED) is 0.684. The number of hydrogen-bond donors (Lipinski definition) is 1. The van der Waals surface area contributed by atoms with E-state index in [0.29, 0.717) is 0 Å². The fourth-order valence-electron chi connectivity index (χ4n) is 2.67. The summed E-state index contributed by atoms with van der Waals surface area (Å²) in [7, 11) is 0. The maximum atomic E-state index is 13.5. The maximum absolute atomic E-state index is 13.5. The fraction of sp³-hybridized carbons (Fsp3) is 0.533. The van der Waals surface area contributed by atoms with Crippen molar-refractivity contribution < 1.29 is 14.1 Å². The Morgan fingerprint density at radius 3 is 2.38 bits per heavy atom. The molecule has 1 aliphatic carbocycles. The lowest BCUT2D eigenvalue weighted by molar-refractivity contribution is -0.387. The van der Waals surface area contributed by atoms with Gasteiger partial charge in [-0.15, -0.1) is 0 Å². The summed E-state index contributed by atoms with van der Waals surface area (Å²) >= 11 is 0. The number of nitrogens with zero attached hydrogens (tertiary/aromatic N) is 1. The van der Waals surface area contributed by atoms with Crippen LogP contribution in [0.4, 0.5) is 10.1 Å². The Hall–Kier alpha value is -1.98. The molecule has 0 radical (unpaired) electrons. The Kier molecular flexibility index (Phi) is 5.25. The van der Waals surface area contributed by atoms with Crippen molar-refractivity contribution in [2.24, 2.45) is 0 Å². The Bertz CT molecular complexity index is 526. The highest BCUT2D eigenvalue weighted by molar-refractivity contribution is 5.94. The lowest BCUT2D eigenvalue weighted by atomic mass is 9.96. The molecule has 5 nitrogen and oxygen atoms in total. The molecule has 0 unspecified atom stereocenters. The van der Waals surface area contributed by atoms with Gasteiger partial charge in [-0.05, 0) is 25.0 Å². The molecule has 1 saturated carbocycles. The van der Waals surface area contributed by atoms with Gasteiger partial charge in [0.05, 0.1) is 4.92 Å². The van der Waals surface area contributed by atoms with E-state index in [2.05, 4.69) is 5.32 Å². The number of benzene rings is 1. The summed E-state index contributed by atoms with van der Waals surface area (Å²) in [6.07, 6.45) is 7.63. The molecule has 6 heteroatoms. The maximum Gasteiger partial charge on any atom is 0.304 e. The number of carbonyl (C=O) groups is 1. The van der Waals surface area contributed by atoms with Crippen LogP contribution in [0.15, 0.2) is 18.2 Å². The van der Waals surface area contributed by atoms with Gasteiger partial charge in [0.15, 0.2) is 0 Å². The number of hydrogen-bond acceptors (Lipinski definition) is 3. The average Bonchev–Trinajstić information content (AvgIpc) is 2.41. The number of carbonyl (C=O) groups excluding carboxylic acids is 1. The van der Waals surface area contributed by atoms with Gasteiger partial charge in [-0.3, -0.25) is 14.9 Å². The molecule has 1 aliphatic rings. The first-order valence-corrected chi connectivity index (χ1v) is 7.33. The third-order valence-corrected chi connectivity index (χ3v) is 3.85. The highest BCUT2D eigenvalue weighted by Gasteiger charge is 2.19. The molecule has 0 spiro atoms. The van der Waals surface area contributed by atoms with E-state index in [1.807, 2.05) is 0 Å². The van der Waals surface area contributed by atoms with Crippen LogP contribution in [0.5, 0.6) is 0 Å². The predicted octanol–water partition coefficient (Wildman–Crippen LogP) is 3.58. The number of nitrogens with one attached hydrogen (secondary N) is 1. The van der Waals surface area contributed by atoms with E-state index in [4.69, 9.17) is 0 Å². The summed E-state index contributed by atoms with van der Waals surface area (Å²) in [5.74, 6) is -1.35. The molecule has 0 heterocycles. The second-order valence-electron chi connectivity index (χ2n) is 5.44. The predicted molar refractivity (Wildman–Crippen MR) is 76.6 cm³/mol.